The average molecular weight is 550 g/mol. The molecule has 1 unspecified atom stereocenters. The van der Waals surface area contributed by atoms with Crippen LogP contribution in [0.2, 0.25) is 0 Å². The third kappa shape index (κ3) is 10.2. The average Bonchev–Trinajstić information content (AvgIpc) is 3.19. The lowest BCUT2D eigenvalue weighted by Crippen LogP contribution is -2.45. The minimum atomic E-state index is -0.571. The molecule has 1 aromatic carbocycles. The van der Waals surface area contributed by atoms with Crippen LogP contribution in [0.3, 0.4) is 0 Å². The van der Waals surface area contributed by atoms with Gasteiger partial charge in [0.05, 0.1) is 17.5 Å². The van der Waals surface area contributed by atoms with Gasteiger partial charge in [-0.25, -0.2) is 0 Å². The smallest absolute Gasteiger partial charge is 0.265 e. The molecule has 204 valence electrons. The minimum Gasteiger partial charge on any atom is -0.384 e. The number of carbonyl (C=O) groups excluding carboxylic acids is 2. The van der Waals surface area contributed by atoms with Crippen LogP contribution >= 0.6 is 11.9 Å². The third-order valence-electron chi connectivity index (χ3n) is 5.82. The van der Waals surface area contributed by atoms with Crippen LogP contribution in [-0.4, -0.2) is 45.9 Å². The van der Waals surface area contributed by atoms with Gasteiger partial charge in [-0.15, -0.1) is 0 Å². The summed E-state index contributed by atoms with van der Waals surface area (Å²) in [7, 11) is 0. The van der Waals surface area contributed by atoms with Gasteiger partial charge in [-0.3, -0.25) is 34.8 Å². The molecule has 12 heteroatoms. The summed E-state index contributed by atoms with van der Waals surface area (Å²) < 4.78 is 3.19. The lowest BCUT2D eigenvalue weighted by molar-refractivity contribution is -0.419. The van der Waals surface area contributed by atoms with Gasteiger partial charge >= 0.3 is 0 Å². The summed E-state index contributed by atoms with van der Waals surface area (Å²) in [5, 5.41) is 23.9. The van der Waals surface area contributed by atoms with Crippen molar-refractivity contribution in [1.29, 1.82) is 5.41 Å². The van der Waals surface area contributed by atoms with Crippen LogP contribution < -0.4 is 21.1 Å². The van der Waals surface area contributed by atoms with Crippen LogP contribution in [0.25, 0.3) is 0 Å². The first-order valence-electron chi connectivity index (χ1n) is 12.3. The Balaban J connectivity index is 1.50. The largest absolute Gasteiger partial charge is 0.384 e. The fourth-order valence-electron chi connectivity index (χ4n) is 3.59. The number of amides is 2. The van der Waals surface area contributed by atoms with Crippen molar-refractivity contribution in [2.75, 3.05) is 12.3 Å². The molecular formula is C27H31N7O4S. The first-order valence-corrected chi connectivity index (χ1v) is 13.3. The Morgan fingerprint density at radius 1 is 1.08 bits per heavy atom. The standard InChI is InChI=1S/C27H31N7O4S/c28-26(29)22-8-4-20(5-9-22)16-31-25(35)17-32-27(36)24(11-7-19-12-14-30-15-13-19)33-39-18-21-2-1-3-23(10-6-21)34(37)38/h2-6,8-10,12-15,24,33H,1,7,11,16-18H2,(H3,28,29)(H,31,35)(H,32,36). The summed E-state index contributed by atoms with van der Waals surface area (Å²) in [5.74, 6) is -0.151. The highest BCUT2D eigenvalue weighted by Crippen LogP contribution is 2.16. The van der Waals surface area contributed by atoms with Crippen LogP contribution in [0.15, 0.2) is 84.4 Å². The number of nitro groups is 1. The molecule has 2 amide bonds. The number of nitrogens with one attached hydrogen (secondary N) is 4. The molecule has 2 aromatic rings. The monoisotopic (exact) mass is 549 g/mol. The Kier molecular flexibility index (Phi) is 11.4. The molecule has 1 aliphatic rings. The lowest BCUT2D eigenvalue weighted by Gasteiger charge is -2.18. The van der Waals surface area contributed by atoms with Crippen molar-refractivity contribution in [2.24, 2.45) is 5.73 Å². The number of pyridine rings is 1. The van der Waals surface area contributed by atoms with E-state index < -0.39 is 11.0 Å². The van der Waals surface area contributed by atoms with Crippen molar-refractivity contribution >= 4 is 29.6 Å². The molecular weight excluding hydrogens is 518 g/mol. The highest BCUT2D eigenvalue weighted by Gasteiger charge is 2.19. The number of hydrogen-bond donors (Lipinski definition) is 5. The zero-order chi connectivity index (χ0) is 28.0. The van der Waals surface area contributed by atoms with Gasteiger partial charge in [-0.05, 0) is 54.2 Å². The summed E-state index contributed by atoms with van der Waals surface area (Å²) in [6.07, 6.45) is 11.6. The van der Waals surface area contributed by atoms with Crippen LogP contribution in [-0.2, 0) is 22.6 Å². The Morgan fingerprint density at radius 2 is 1.82 bits per heavy atom. The molecule has 0 radical (unpaired) electrons. The molecule has 1 aromatic heterocycles. The number of nitrogens with two attached hydrogens (primary N) is 1. The number of benzene rings is 1. The molecule has 0 fully saturated rings. The van der Waals surface area contributed by atoms with Gasteiger partial charge in [-0.1, -0.05) is 48.4 Å². The highest BCUT2D eigenvalue weighted by atomic mass is 32.2. The molecule has 0 bridgehead atoms. The van der Waals surface area contributed by atoms with Crippen molar-refractivity contribution in [3.8, 4) is 0 Å². The van der Waals surface area contributed by atoms with E-state index >= 15 is 0 Å². The van der Waals surface area contributed by atoms with Crippen LogP contribution in [0.4, 0.5) is 0 Å². The summed E-state index contributed by atoms with van der Waals surface area (Å²) in [6, 6.07) is 10.2. The molecule has 0 aliphatic heterocycles. The van der Waals surface area contributed by atoms with E-state index in [-0.39, 0.29) is 36.4 Å². The second-order valence-electron chi connectivity index (χ2n) is 8.69. The molecule has 0 spiro atoms. The first kappa shape index (κ1) is 29.3. The predicted molar refractivity (Wildman–Crippen MR) is 151 cm³/mol. The first-order chi connectivity index (χ1) is 18.8. The third-order valence-corrected chi connectivity index (χ3v) is 6.74. The van der Waals surface area contributed by atoms with E-state index in [9.17, 15) is 19.7 Å². The van der Waals surface area contributed by atoms with E-state index in [4.69, 9.17) is 11.1 Å². The van der Waals surface area contributed by atoms with Gasteiger partial charge in [0.15, 0.2) is 0 Å². The van der Waals surface area contributed by atoms with E-state index in [1.54, 1.807) is 48.8 Å². The number of carbonyl (C=O) groups is 2. The molecule has 1 aliphatic carbocycles. The Hall–Kier alpha value is -4.29. The van der Waals surface area contributed by atoms with Gasteiger partial charge in [-0.2, -0.15) is 0 Å². The Morgan fingerprint density at radius 3 is 2.51 bits per heavy atom. The van der Waals surface area contributed by atoms with Gasteiger partial charge in [0, 0.05) is 36.3 Å². The number of hydrogen-bond acceptors (Lipinski definition) is 8. The SMILES string of the molecule is N=C(N)c1ccc(CNC(=O)CNC(=O)C(CCc2ccncc2)NSCC2=CCC=C([N+](=O)[O-])C=C2)cc1. The van der Waals surface area contributed by atoms with Gasteiger partial charge < -0.3 is 16.4 Å². The number of aryl methyl sites for hydroxylation is 1. The van der Waals surface area contributed by atoms with E-state index in [0.717, 1.165) is 16.7 Å². The van der Waals surface area contributed by atoms with Crippen LogP contribution in [0.5, 0.6) is 0 Å². The topological polar surface area (TPSA) is 176 Å². The van der Waals surface area contributed by atoms with Crippen molar-refractivity contribution in [3.63, 3.8) is 0 Å². The zero-order valence-electron chi connectivity index (χ0n) is 21.3. The van der Waals surface area contributed by atoms with Crippen molar-refractivity contribution in [3.05, 3.63) is 111 Å². The Labute approximate surface area is 230 Å². The van der Waals surface area contributed by atoms with E-state index in [0.29, 0.717) is 30.6 Å². The summed E-state index contributed by atoms with van der Waals surface area (Å²) in [4.78, 5) is 39.9. The van der Waals surface area contributed by atoms with Crippen LogP contribution in [0.1, 0.15) is 29.5 Å². The number of nitrogens with zero attached hydrogens (tertiary/aromatic N) is 2. The second kappa shape index (κ2) is 15.2. The van der Waals surface area contributed by atoms with Gasteiger partial charge in [0.25, 0.3) is 5.70 Å². The number of amidine groups is 1. The van der Waals surface area contributed by atoms with E-state index in [2.05, 4.69) is 20.3 Å². The van der Waals surface area contributed by atoms with E-state index in [1.165, 1.54) is 18.0 Å². The van der Waals surface area contributed by atoms with Crippen LogP contribution in [0, 0.1) is 15.5 Å². The second-order valence-corrected chi connectivity index (χ2v) is 9.51. The maximum atomic E-state index is 13.0. The Bertz CT molecular complexity index is 1260. The van der Waals surface area contributed by atoms with Crippen molar-refractivity contribution < 1.29 is 14.5 Å². The van der Waals surface area contributed by atoms with Gasteiger partial charge in [0.1, 0.15) is 5.84 Å². The summed E-state index contributed by atoms with van der Waals surface area (Å²) >= 11 is 1.33. The quantitative estimate of drug-likeness (QED) is 0.0784. The molecule has 3 rings (SSSR count). The molecule has 0 saturated carbocycles. The van der Waals surface area contributed by atoms with Gasteiger partial charge in [0.2, 0.25) is 11.8 Å². The number of aromatic nitrogens is 1. The number of rotatable bonds is 14. The molecule has 11 nitrogen and oxygen atoms in total. The number of allylic oxidation sites excluding steroid dienone is 4. The summed E-state index contributed by atoms with van der Waals surface area (Å²) in [5.41, 5.74) is 8.90. The molecule has 6 N–H and O–H groups in total. The maximum Gasteiger partial charge on any atom is 0.265 e. The number of nitrogen functional groups attached to an aromatic ring is 1. The minimum absolute atomic E-state index is 0.0260. The molecule has 0 saturated heterocycles. The molecule has 39 heavy (non-hydrogen) atoms. The molecule has 1 heterocycles. The fraction of sp³-hybridized carbons (Fsp3) is 0.259. The lowest BCUT2D eigenvalue weighted by atomic mass is 10.1. The fourth-order valence-corrected chi connectivity index (χ4v) is 4.48. The predicted octanol–water partition coefficient (Wildman–Crippen LogP) is 2.38. The van der Waals surface area contributed by atoms with Crippen molar-refractivity contribution in [2.45, 2.75) is 31.8 Å². The normalized spacial score (nSPS) is 13.4. The van der Waals surface area contributed by atoms with Crippen molar-refractivity contribution in [1.82, 2.24) is 20.3 Å². The molecule has 1 atom stereocenters. The maximum absolute atomic E-state index is 13.0. The van der Waals surface area contributed by atoms with E-state index in [1.807, 2.05) is 18.2 Å². The highest BCUT2D eigenvalue weighted by molar-refractivity contribution is 7.97. The summed E-state index contributed by atoms with van der Waals surface area (Å²) in [6.45, 7) is 0.105. The zero-order valence-corrected chi connectivity index (χ0v) is 22.1.